The number of thiazole rings is 1. The molecule has 0 bridgehead atoms. The second-order valence-electron chi connectivity index (χ2n) is 4.49. The van der Waals surface area contributed by atoms with E-state index in [-0.39, 0.29) is 11.7 Å². The van der Waals surface area contributed by atoms with Crippen LogP contribution >= 0.6 is 11.3 Å². The Morgan fingerprint density at radius 3 is 2.55 bits per heavy atom. The number of hydrogen-bond donors (Lipinski definition) is 1. The van der Waals surface area contributed by atoms with Gasteiger partial charge in [-0.3, -0.25) is 14.9 Å². The van der Waals surface area contributed by atoms with Crippen molar-refractivity contribution in [2.75, 3.05) is 5.32 Å². The van der Waals surface area contributed by atoms with E-state index in [1.807, 2.05) is 43.3 Å². The fourth-order valence-corrected chi connectivity index (χ4v) is 2.69. The summed E-state index contributed by atoms with van der Waals surface area (Å²) >= 11 is 1.19. The number of allylic oxidation sites excluding steroid dienone is 3. The lowest BCUT2D eigenvalue weighted by molar-refractivity contribution is -0.111. The Hall–Kier alpha value is -2.53. The van der Waals surface area contributed by atoms with Gasteiger partial charge >= 0.3 is 0 Å². The number of amides is 1. The topological polar surface area (TPSA) is 59.1 Å². The summed E-state index contributed by atoms with van der Waals surface area (Å²) in [5, 5.41) is 3.10. The monoisotopic (exact) mass is 312 g/mol. The average Bonchev–Trinajstić information content (AvgIpc) is 2.92. The molecule has 1 aromatic carbocycles. The Labute approximate surface area is 133 Å². The largest absolute Gasteiger partial charge is 0.298 e. The zero-order valence-electron chi connectivity index (χ0n) is 12.4. The van der Waals surface area contributed by atoms with Crippen molar-refractivity contribution in [3.63, 3.8) is 0 Å². The summed E-state index contributed by atoms with van der Waals surface area (Å²) in [6.45, 7) is 3.37. The van der Waals surface area contributed by atoms with Crippen molar-refractivity contribution in [2.45, 2.75) is 13.8 Å². The second-order valence-corrected chi connectivity index (χ2v) is 5.49. The van der Waals surface area contributed by atoms with Gasteiger partial charge in [0.25, 0.3) is 0 Å². The van der Waals surface area contributed by atoms with Gasteiger partial charge in [-0.05, 0) is 6.92 Å². The molecule has 0 saturated heterocycles. The number of anilines is 1. The summed E-state index contributed by atoms with van der Waals surface area (Å²) in [6.07, 6.45) is 6.65. The van der Waals surface area contributed by atoms with Crippen LogP contribution in [0.3, 0.4) is 0 Å². The minimum atomic E-state index is -0.276. The van der Waals surface area contributed by atoms with Crippen LogP contribution in [0.5, 0.6) is 0 Å². The first-order chi connectivity index (χ1) is 10.6. The van der Waals surface area contributed by atoms with Crippen LogP contribution in [0.2, 0.25) is 0 Å². The van der Waals surface area contributed by atoms with Gasteiger partial charge in [-0.2, -0.15) is 0 Å². The maximum atomic E-state index is 11.8. The molecule has 0 atom stereocenters. The molecule has 0 aliphatic rings. The molecule has 0 unspecified atom stereocenters. The van der Waals surface area contributed by atoms with Crippen molar-refractivity contribution in [1.82, 2.24) is 4.98 Å². The average molecular weight is 312 g/mol. The number of carbonyl (C=O) groups excluding carboxylic acids is 2. The smallest absolute Gasteiger partial charge is 0.250 e. The number of ketones is 1. The third-order valence-corrected chi connectivity index (χ3v) is 3.85. The molecule has 112 valence electrons. The molecule has 22 heavy (non-hydrogen) atoms. The lowest BCUT2D eigenvalue weighted by Gasteiger charge is -1.98. The Kier molecular flexibility index (Phi) is 5.38. The van der Waals surface area contributed by atoms with Crippen LogP contribution in [-0.2, 0) is 4.79 Å². The molecule has 1 heterocycles. The summed E-state index contributed by atoms with van der Waals surface area (Å²) in [5.74, 6) is -0.345. The molecule has 0 spiro atoms. The van der Waals surface area contributed by atoms with Gasteiger partial charge in [0.05, 0.1) is 10.6 Å². The minimum Gasteiger partial charge on any atom is -0.298 e. The molecule has 1 amide bonds. The minimum absolute atomic E-state index is 0.0682. The SMILES string of the molecule is C/C=C/C=C/C(=O)Nc1nc(-c2ccccc2)c(C(C)=O)s1. The number of rotatable bonds is 5. The third kappa shape index (κ3) is 3.99. The van der Waals surface area contributed by atoms with Crippen molar-refractivity contribution in [1.29, 1.82) is 0 Å². The number of aromatic nitrogens is 1. The van der Waals surface area contributed by atoms with Crippen LogP contribution in [-0.4, -0.2) is 16.7 Å². The van der Waals surface area contributed by atoms with Crippen LogP contribution in [0.1, 0.15) is 23.5 Å². The Balaban J connectivity index is 2.28. The van der Waals surface area contributed by atoms with Crippen LogP contribution < -0.4 is 5.32 Å². The highest BCUT2D eigenvalue weighted by Crippen LogP contribution is 2.31. The van der Waals surface area contributed by atoms with E-state index in [0.717, 1.165) is 5.56 Å². The van der Waals surface area contributed by atoms with Crippen molar-refractivity contribution in [2.24, 2.45) is 0 Å². The molecule has 1 N–H and O–H groups in total. The molecule has 0 saturated carbocycles. The van der Waals surface area contributed by atoms with E-state index in [0.29, 0.717) is 15.7 Å². The summed E-state index contributed by atoms with van der Waals surface area (Å²) in [7, 11) is 0. The highest BCUT2D eigenvalue weighted by molar-refractivity contribution is 7.18. The molecule has 0 fully saturated rings. The summed E-state index contributed by atoms with van der Waals surface area (Å²) in [5.41, 5.74) is 1.46. The molecule has 0 aliphatic carbocycles. The van der Waals surface area contributed by atoms with Gasteiger partial charge in [0.2, 0.25) is 5.91 Å². The summed E-state index contributed by atoms with van der Waals surface area (Å²) in [4.78, 5) is 28.5. The van der Waals surface area contributed by atoms with E-state index in [1.165, 1.54) is 24.3 Å². The van der Waals surface area contributed by atoms with Crippen LogP contribution in [0.25, 0.3) is 11.3 Å². The Morgan fingerprint density at radius 2 is 1.91 bits per heavy atom. The lowest BCUT2D eigenvalue weighted by Crippen LogP contribution is -2.07. The maximum absolute atomic E-state index is 11.8. The summed E-state index contributed by atoms with van der Waals surface area (Å²) < 4.78 is 0. The van der Waals surface area contributed by atoms with E-state index >= 15 is 0 Å². The van der Waals surface area contributed by atoms with Crippen LogP contribution in [0.4, 0.5) is 5.13 Å². The van der Waals surface area contributed by atoms with E-state index in [1.54, 1.807) is 12.2 Å². The van der Waals surface area contributed by atoms with Crippen molar-refractivity contribution in [3.05, 3.63) is 59.5 Å². The molecule has 2 aromatic rings. The number of carbonyl (C=O) groups is 2. The van der Waals surface area contributed by atoms with Gasteiger partial charge in [-0.15, -0.1) is 0 Å². The number of nitrogens with zero attached hydrogens (tertiary/aromatic N) is 1. The second kappa shape index (κ2) is 7.47. The number of benzene rings is 1. The molecule has 0 aliphatic heterocycles. The van der Waals surface area contributed by atoms with Gasteiger partial charge in [0, 0.05) is 18.6 Å². The van der Waals surface area contributed by atoms with Crippen LogP contribution in [0, 0.1) is 0 Å². The van der Waals surface area contributed by atoms with Crippen LogP contribution in [0.15, 0.2) is 54.6 Å². The van der Waals surface area contributed by atoms with Gasteiger partial charge in [-0.1, -0.05) is 59.9 Å². The zero-order chi connectivity index (χ0) is 15.9. The van der Waals surface area contributed by atoms with E-state index < -0.39 is 0 Å². The van der Waals surface area contributed by atoms with Gasteiger partial charge in [0.1, 0.15) is 0 Å². The number of hydrogen-bond acceptors (Lipinski definition) is 4. The fraction of sp³-hybridized carbons (Fsp3) is 0.118. The standard InChI is InChI=1S/C17H16N2O2S/c1-3-4-6-11-14(21)18-17-19-15(16(22-17)12(2)20)13-9-7-5-8-10-13/h3-11H,1-2H3,(H,18,19,21)/b4-3+,11-6+. The van der Waals surface area contributed by atoms with E-state index in [2.05, 4.69) is 10.3 Å². The molecular weight excluding hydrogens is 296 g/mol. The first-order valence-electron chi connectivity index (χ1n) is 6.79. The first kappa shape index (κ1) is 15.9. The predicted octanol–water partition coefficient (Wildman–Crippen LogP) is 4.08. The highest BCUT2D eigenvalue weighted by atomic mass is 32.1. The number of Topliss-reactive ketones (excluding diaryl/α,β-unsaturated/α-hetero) is 1. The molecule has 5 heteroatoms. The zero-order valence-corrected chi connectivity index (χ0v) is 13.2. The van der Waals surface area contributed by atoms with Gasteiger partial charge in [-0.25, -0.2) is 4.98 Å². The molecule has 0 radical (unpaired) electrons. The third-order valence-electron chi connectivity index (χ3n) is 2.78. The Morgan fingerprint density at radius 1 is 1.18 bits per heavy atom. The number of nitrogens with one attached hydrogen (secondary N) is 1. The van der Waals surface area contributed by atoms with Crippen molar-refractivity contribution >= 4 is 28.2 Å². The van der Waals surface area contributed by atoms with E-state index in [4.69, 9.17) is 0 Å². The van der Waals surface area contributed by atoms with Crippen molar-refractivity contribution in [3.8, 4) is 11.3 Å². The molecule has 4 nitrogen and oxygen atoms in total. The predicted molar refractivity (Wildman–Crippen MR) is 90.1 cm³/mol. The summed E-state index contributed by atoms with van der Waals surface area (Å²) in [6, 6.07) is 9.45. The lowest BCUT2D eigenvalue weighted by atomic mass is 10.1. The normalized spacial score (nSPS) is 11.2. The Bertz CT molecular complexity index is 730. The van der Waals surface area contributed by atoms with E-state index in [9.17, 15) is 9.59 Å². The first-order valence-corrected chi connectivity index (χ1v) is 7.61. The van der Waals surface area contributed by atoms with Gasteiger partial charge < -0.3 is 0 Å². The quantitative estimate of drug-likeness (QED) is 0.514. The molecular formula is C17H16N2O2S. The molecule has 1 aromatic heterocycles. The fourth-order valence-electron chi connectivity index (χ4n) is 1.81. The highest BCUT2D eigenvalue weighted by Gasteiger charge is 2.17. The van der Waals surface area contributed by atoms with Gasteiger partial charge in [0.15, 0.2) is 10.9 Å². The van der Waals surface area contributed by atoms with Crippen molar-refractivity contribution < 1.29 is 9.59 Å². The molecule has 2 rings (SSSR count). The maximum Gasteiger partial charge on any atom is 0.250 e.